The number of carbonyl (C=O) groups excluding carboxylic acids is 1. The summed E-state index contributed by atoms with van der Waals surface area (Å²) in [6.45, 7) is 12.5. The Hall–Kier alpha value is -1.35. The number of halogens is 1. The van der Waals surface area contributed by atoms with Crippen LogP contribution in [0.2, 0.25) is 0 Å². The third-order valence-electron chi connectivity index (χ3n) is 5.37. The van der Waals surface area contributed by atoms with Crippen molar-refractivity contribution in [2.75, 3.05) is 53.4 Å². The molecule has 1 N–H and O–H groups in total. The maximum absolute atomic E-state index is 12.2. The molecule has 164 valence electrons. The zero-order chi connectivity index (χ0) is 20.5. The maximum atomic E-state index is 12.2. The van der Waals surface area contributed by atoms with Crippen LogP contribution in [0.4, 0.5) is 0 Å². The van der Waals surface area contributed by atoms with Crippen molar-refractivity contribution < 1.29 is 4.79 Å². The molecular weight excluding hydrogens is 477 g/mol. The van der Waals surface area contributed by atoms with Crippen molar-refractivity contribution in [1.82, 2.24) is 20.0 Å². The summed E-state index contributed by atoms with van der Waals surface area (Å²) >= 11 is 0. The molecule has 1 atom stereocenters. The Bertz CT molecular complexity index is 660. The quantitative estimate of drug-likeness (QED) is 0.329. The third-order valence-corrected chi connectivity index (χ3v) is 5.37. The molecule has 6 nitrogen and oxygen atoms in total. The minimum Gasteiger partial charge on any atom is -0.357 e. The fourth-order valence-corrected chi connectivity index (χ4v) is 3.81. The van der Waals surface area contributed by atoms with Gasteiger partial charge >= 0.3 is 0 Å². The molecule has 1 aliphatic heterocycles. The first-order valence-electron chi connectivity index (χ1n) is 10.6. The monoisotopic (exact) mass is 515 g/mol. The van der Waals surface area contributed by atoms with Gasteiger partial charge in [0.15, 0.2) is 5.96 Å². The SMILES string of the molecule is CCNC(=NCCc1cccc(C(=O)N(C)C)c1)N1CCC(N(CC)CC)C1.I. The van der Waals surface area contributed by atoms with Crippen LogP contribution in [0, 0.1) is 0 Å². The molecule has 1 aromatic rings. The Morgan fingerprint density at radius 2 is 1.97 bits per heavy atom. The molecule has 0 bridgehead atoms. The van der Waals surface area contributed by atoms with Gasteiger partial charge in [0, 0.05) is 51.9 Å². The van der Waals surface area contributed by atoms with Gasteiger partial charge in [0.2, 0.25) is 0 Å². The van der Waals surface area contributed by atoms with Crippen molar-refractivity contribution in [2.24, 2.45) is 4.99 Å². The molecule has 2 rings (SSSR count). The summed E-state index contributed by atoms with van der Waals surface area (Å²) < 4.78 is 0. The molecule has 0 aromatic heterocycles. The smallest absolute Gasteiger partial charge is 0.253 e. The van der Waals surface area contributed by atoms with Crippen molar-refractivity contribution in [3.63, 3.8) is 0 Å². The number of guanidine groups is 1. The van der Waals surface area contributed by atoms with E-state index in [0.29, 0.717) is 12.6 Å². The molecule has 1 fully saturated rings. The first kappa shape index (κ1) is 25.7. The minimum absolute atomic E-state index is 0. The molecular formula is C22H38IN5O. The predicted octanol–water partition coefficient (Wildman–Crippen LogP) is 2.93. The molecule has 1 unspecified atom stereocenters. The number of hydrogen-bond acceptors (Lipinski definition) is 3. The Morgan fingerprint density at radius 1 is 1.24 bits per heavy atom. The first-order chi connectivity index (χ1) is 13.5. The number of likely N-dealkylation sites (N-methyl/N-ethyl adjacent to an activating group) is 1. The lowest BCUT2D eigenvalue weighted by Gasteiger charge is -2.27. The second-order valence-electron chi connectivity index (χ2n) is 7.50. The summed E-state index contributed by atoms with van der Waals surface area (Å²) in [6, 6.07) is 8.50. The molecule has 0 aliphatic carbocycles. The number of nitrogens with one attached hydrogen (secondary N) is 1. The topological polar surface area (TPSA) is 51.2 Å². The van der Waals surface area contributed by atoms with Crippen LogP contribution in [0.15, 0.2) is 29.3 Å². The number of amides is 1. The number of rotatable bonds is 8. The van der Waals surface area contributed by atoms with Crippen LogP contribution in [0.25, 0.3) is 0 Å². The van der Waals surface area contributed by atoms with Gasteiger partial charge < -0.3 is 15.1 Å². The van der Waals surface area contributed by atoms with Crippen molar-refractivity contribution in [3.05, 3.63) is 35.4 Å². The van der Waals surface area contributed by atoms with E-state index in [0.717, 1.165) is 56.2 Å². The number of hydrogen-bond donors (Lipinski definition) is 1. The highest BCUT2D eigenvalue weighted by molar-refractivity contribution is 14.0. The summed E-state index contributed by atoms with van der Waals surface area (Å²) in [6.07, 6.45) is 2.03. The fourth-order valence-electron chi connectivity index (χ4n) is 3.81. The molecule has 1 aromatic carbocycles. The molecule has 29 heavy (non-hydrogen) atoms. The largest absolute Gasteiger partial charge is 0.357 e. The van der Waals surface area contributed by atoms with Crippen molar-refractivity contribution >= 4 is 35.8 Å². The number of aliphatic imine (C=N–C) groups is 1. The third kappa shape index (κ3) is 7.44. The van der Waals surface area contributed by atoms with Gasteiger partial charge in [-0.05, 0) is 50.6 Å². The van der Waals surface area contributed by atoms with Gasteiger partial charge in [0.05, 0.1) is 0 Å². The van der Waals surface area contributed by atoms with E-state index in [4.69, 9.17) is 4.99 Å². The highest BCUT2D eigenvalue weighted by atomic mass is 127. The van der Waals surface area contributed by atoms with E-state index in [1.807, 2.05) is 18.2 Å². The molecule has 1 aliphatic rings. The van der Waals surface area contributed by atoms with Crippen molar-refractivity contribution in [2.45, 2.75) is 39.7 Å². The average Bonchev–Trinajstić information content (AvgIpc) is 3.17. The lowest BCUT2D eigenvalue weighted by Crippen LogP contribution is -2.43. The van der Waals surface area contributed by atoms with E-state index < -0.39 is 0 Å². The van der Waals surface area contributed by atoms with Crippen molar-refractivity contribution in [3.8, 4) is 0 Å². The van der Waals surface area contributed by atoms with Gasteiger partial charge in [-0.1, -0.05) is 26.0 Å². The Balaban J connectivity index is 0.00000420. The van der Waals surface area contributed by atoms with E-state index in [1.54, 1.807) is 19.0 Å². The minimum atomic E-state index is 0. The van der Waals surface area contributed by atoms with Crippen LogP contribution in [0.3, 0.4) is 0 Å². The zero-order valence-corrected chi connectivity index (χ0v) is 21.0. The fraction of sp³-hybridized carbons (Fsp3) is 0.636. The summed E-state index contributed by atoms with van der Waals surface area (Å²) in [7, 11) is 3.56. The van der Waals surface area contributed by atoms with Gasteiger partial charge in [0.1, 0.15) is 0 Å². The van der Waals surface area contributed by atoms with E-state index in [1.165, 1.54) is 6.42 Å². The lowest BCUT2D eigenvalue weighted by molar-refractivity contribution is 0.0827. The number of likely N-dealkylation sites (tertiary alicyclic amines) is 1. The molecule has 1 amide bonds. The Morgan fingerprint density at radius 3 is 2.59 bits per heavy atom. The second-order valence-corrected chi connectivity index (χ2v) is 7.50. The molecule has 1 heterocycles. The van der Waals surface area contributed by atoms with Gasteiger partial charge in [-0.25, -0.2) is 0 Å². The van der Waals surface area contributed by atoms with E-state index in [2.05, 4.69) is 42.0 Å². The van der Waals surface area contributed by atoms with Crippen LogP contribution in [0.5, 0.6) is 0 Å². The molecule has 7 heteroatoms. The van der Waals surface area contributed by atoms with Gasteiger partial charge in [-0.15, -0.1) is 24.0 Å². The van der Waals surface area contributed by atoms with E-state index in [-0.39, 0.29) is 29.9 Å². The van der Waals surface area contributed by atoms with Crippen LogP contribution < -0.4 is 5.32 Å². The number of benzene rings is 1. The summed E-state index contributed by atoms with van der Waals surface area (Å²) in [4.78, 5) is 23.6. The predicted molar refractivity (Wildman–Crippen MR) is 132 cm³/mol. The average molecular weight is 515 g/mol. The van der Waals surface area contributed by atoms with Crippen molar-refractivity contribution in [1.29, 1.82) is 0 Å². The highest BCUT2D eigenvalue weighted by Crippen LogP contribution is 2.16. The zero-order valence-electron chi connectivity index (χ0n) is 18.6. The van der Waals surface area contributed by atoms with E-state index >= 15 is 0 Å². The highest BCUT2D eigenvalue weighted by Gasteiger charge is 2.27. The molecule has 0 saturated carbocycles. The van der Waals surface area contributed by atoms with Gasteiger partial charge in [-0.2, -0.15) is 0 Å². The van der Waals surface area contributed by atoms with Gasteiger partial charge in [0.25, 0.3) is 5.91 Å². The van der Waals surface area contributed by atoms with E-state index in [9.17, 15) is 4.79 Å². The van der Waals surface area contributed by atoms with Crippen LogP contribution in [-0.2, 0) is 6.42 Å². The summed E-state index contributed by atoms with van der Waals surface area (Å²) in [5.41, 5.74) is 1.88. The normalized spacial score (nSPS) is 16.7. The number of carbonyl (C=O) groups is 1. The molecule has 0 radical (unpaired) electrons. The number of nitrogens with zero attached hydrogens (tertiary/aromatic N) is 4. The molecule has 1 saturated heterocycles. The molecule has 0 spiro atoms. The van der Waals surface area contributed by atoms with Crippen LogP contribution >= 0.6 is 24.0 Å². The lowest BCUT2D eigenvalue weighted by atomic mass is 10.1. The van der Waals surface area contributed by atoms with Crippen LogP contribution in [-0.4, -0.2) is 86.0 Å². The Labute approximate surface area is 193 Å². The second kappa shape index (κ2) is 13.1. The summed E-state index contributed by atoms with van der Waals surface area (Å²) in [5.74, 6) is 1.05. The first-order valence-corrected chi connectivity index (χ1v) is 10.6. The van der Waals surface area contributed by atoms with Crippen LogP contribution in [0.1, 0.15) is 43.1 Å². The summed E-state index contributed by atoms with van der Waals surface area (Å²) in [5, 5.41) is 3.45. The standard InChI is InChI=1S/C22H37N5O.HI/c1-6-23-22(27-15-13-20(17-27)26(7-2)8-3)24-14-12-18-10-9-11-19(16-18)21(28)25(4)5;/h9-11,16,20H,6-8,12-15,17H2,1-5H3,(H,23,24);1H. The van der Waals surface area contributed by atoms with Gasteiger partial charge in [-0.3, -0.25) is 14.7 Å². The maximum Gasteiger partial charge on any atom is 0.253 e. The Kier molecular flexibility index (Phi) is 11.6.